The summed E-state index contributed by atoms with van der Waals surface area (Å²) in [6, 6.07) is 3.73. The van der Waals surface area contributed by atoms with Gasteiger partial charge >= 0.3 is 0 Å². The van der Waals surface area contributed by atoms with E-state index in [0.717, 1.165) is 49.8 Å². The lowest BCUT2D eigenvalue weighted by molar-refractivity contribution is -0.144. The molecule has 1 aliphatic heterocycles. The summed E-state index contributed by atoms with van der Waals surface area (Å²) >= 11 is 3.44. The van der Waals surface area contributed by atoms with E-state index in [0.29, 0.717) is 12.1 Å². The third-order valence-electron chi connectivity index (χ3n) is 8.72. The van der Waals surface area contributed by atoms with Gasteiger partial charge < -0.3 is 16.4 Å². The minimum Gasteiger partial charge on any atom is -0.369 e. The minimum atomic E-state index is -1.19. The lowest BCUT2D eigenvalue weighted by Gasteiger charge is -2.47. The maximum atomic E-state index is 13.4. The number of carbonyl (C=O) groups excluding carboxylic acids is 2. The number of aromatic nitrogens is 1. The Kier molecular flexibility index (Phi) is 5.05. The summed E-state index contributed by atoms with van der Waals surface area (Å²) in [5.74, 6) is -1.04. The summed E-state index contributed by atoms with van der Waals surface area (Å²) < 4.78 is 0.825. The third-order valence-corrected chi connectivity index (χ3v) is 9.19. The number of carbonyl (C=O) groups is 2. The molecule has 166 valence electrons. The molecular weight excluding hydrogens is 456 g/mol. The number of rotatable bonds is 8. The Balaban J connectivity index is 1.56. The van der Waals surface area contributed by atoms with Gasteiger partial charge in [-0.05, 0) is 97.6 Å². The van der Waals surface area contributed by atoms with Crippen molar-refractivity contribution in [3.8, 4) is 0 Å². The fourth-order valence-corrected chi connectivity index (χ4v) is 7.62. The van der Waals surface area contributed by atoms with Gasteiger partial charge in [0.2, 0.25) is 11.8 Å². The number of allylic oxidation sites excluding steroid dienone is 2. The number of amides is 2. The maximum Gasteiger partial charge on any atom is 0.231 e. The van der Waals surface area contributed by atoms with Gasteiger partial charge in [-0.25, -0.2) is 0 Å². The van der Waals surface area contributed by atoms with Gasteiger partial charge in [0, 0.05) is 16.6 Å². The van der Waals surface area contributed by atoms with E-state index in [1.54, 1.807) is 6.20 Å². The van der Waals surface area contributed by atoms with E-state index in [1.165, 1.54) is 12.8 Å². The molecule has 1 spiro atoms. The first-order valence-electron chi connectivity index (χ1n) is 11.5. The van der Waals surface area contributed by atoms with Crippen LogP contribution in [0.2, 0.25) is 0 Å². The second-order valence-electron chi connectivity index (χ2n) is 9.95. The first kappa shape index (κ1) is 21.1. The number of pyridine rings is 1. The molecule has 4 N–H and O–H groups in total. The van der Waals surface area contributed by atoms with Crippen molar-refractivity contribution in [3.63, 3.8) is 0 Å². The topological polar surface area (TPSA) is 102 Å². The van der Waals surface area contributed by atoms with Crippen molar-refractivity contribution in [1.29, 1.82) is 0 Å². The number of nitrogens with zero attached hydrogens (tertiary/aromatic N) is 2. The van der Waals surface area contributed by atoms with Crippen LogP contribution in [-0.2, 0) is 15.0 Å². The van der Waals surface area contributed by atoms with E-state index < -0.39 is 22.6 Å². The zero-order valence-electron chi connectivity index (χ0n) is 17.9. The molecule has 2 heterocycles. The molecule has 0 aromatic carbocycles. The molecular formula is C24H31BrN4O2. The molecule has 0 radical (unpaired) electrons. The molecule has 2 amide bonds. The van der Waals surface area contributed by atoms with E-state index in [2.05, 4.69) is 38.0 Å². The number of likely N-dealkylation sites (tertiary alicyclic amines) is 1. The molecule has 5 rings (SSSR count). The Hall–Kier alpha value is -1.73. The molecule has 1 saturated heterocycles. The van der Waals surface area contributed by atoms with Crippen LogP contribution >= 0.6 is 15.9 Å². The lowest BCUT2D eigenvalue weighted by Crippen LogP contribution is -2.62. The predicted molar refractivity (Wildman–Crippen MR) is 122 cm³/mol. The van der Waals surface area contributed by atoms with Crippen molar-refractivity contribution >= 4 is 27.7 Å². The van der Waals surface area contributed by atoms with Gasteiger partial charge in [0.05, 0.1) is 11.1 Å². The fourth-order valence-electron chi connectivity index (χ4n) is 7.38. The first-order valence-corrected chi connectivity index (χ1v) is 12.3. The summed E-state index contributed by atoms with van der Waals surface area (Å²) in [6.07, 6.45) is 12.9. The molecule has 4 atom stereocenters. The van der Waals surface area contributed by atoms with Gasteiger partial charge in [0.25, 0.3) is 0 Å². The fraction of sp³-hybridized carbons (Fsp3) is 0.625. The lowest BCUT2D eigenvalue weighted by atomic mass is 9.53. The summed E-state index contributed by atoms with van der Waals surface area (Å²) in [5, 5.41) is 0. The highest BCUT2D eigenvalue weighted by Gasteiger charge is 2.83. The zero-order valence-corrected chi connectivity index (χ0v) is 19.4. The quantitative estimate of drug-likeness (QED) is 0.435. The Morgan fingerprint density at radius 2 is 1.77 bits per heavy atom. The van der Waals surface area contributed by atoms with Gasteiger partial charge in [-0.2, -0.15) is 0 Å². The Bertz CT molecular complexity index is 922. The summed E-state index contributed by atoms with van der Waals surface area (Å²) in [7, 11) is 0. The van der Waals surface area contributed by atoms with Crippen LogP contribution in [0.25, 0.3) is 0 Å². The van der Waals surface area contributed by atoms with Crippen LogP contribution in [0.4, 0.5) is 0 Å². The third kappa shape index (κ3) is 2.75. The van der Waals surface area contributed by atoms with Crippen LogP contribution in [0.15, 0.2) is 35.0 Å². The smallest absolute Gasteiger partial charge is 0.231 e. The van der Waals surface area contributed by atoms with Crippen LogP contribution in [0.3, 0.4) is 0 Å². The van der Waals surface area contributed by atoms with Crippen molar-refractivity contribution in [2.75, 3.05) is 19.6 Å². The second kappa shape index (κ2) is 7.41. The van der Waals surface area contributed by atoms with Crippen LogP contribution in [0.1, 0.15) is 50.6 Å². The molecule has 6 nitrogen and oxygen atoms in total. The average molecular weight is 487 g/mol. The number of nitrogens with two attached hydrogens (primary N) is 2. The summed E-state index contributed by atoms with van der Waals surface area (Å²) in [5.41, 5.74) is 10.7. The van der Waals surface area contributed by atoms with E-state index in [9.17, 15) is 9.59 Å². The van der Waals surface area contributed by atoms with Crippen molar-refractivity contribution in [3.05, 3.63) is 40.6 Å². The second-order valence-corrected chi connectivity index (χ2v) is 10.9. The number of unbranched alkanes of at least 4 members (excludes halogenated alkanes) is 1. The largest absolute Gasteiger partial charge is 0.369 e. The first-order chi connectivity index (χ1) is 14.9. The molecule has 3 aliphatic carbocycles. The van der Waals surface area contributed by atoms with Crippen molar-refractivity contribution in [2.45, 2.75) is 50.4 Å². The van der Waals surface area contributed by atoms with Crippen LogP contribution in [-0.4, -0.2) is 41.3 Å². The molecule has 0 unspecified atom stereocenters. The number of halogens is 1. The van der Waals surface area contributed by atoms with Crippen molar-refractivity contribution < 1.29 is 9.59 Å². The molecule has 2 saturated carbocycles. The molecule has 7 heteroatoms. The predicted octanol–water partition coefficient (Wildman–Crippen LogP) is 2.90. The highest BCUT2D eigenvalue weighted by atomic mass is 79.9. The average Bonchev–Trinajstić information content (AvgIpc) is 3.11. The van der Waals surface area contributed by atoms with E-state index in [4.69, 9.17) is 11.5 Å². The van der Waals surface area contributed by atoms with Gasteiger partial charge in [-0.15, -0.1) is 0 Å². The van der Waals surface area contributed by atoms with Crippen LogP contribution < -0.4 is 11.5 Å². The Morgan fingerprint density at radius 3 is 2.35 bits per heavy atom. The molecule has 1 aromatic rings. The van der Waals surface area contributed by atoms with Gasteiger partial charge in [-0.1, -0.05) is 18.6 Å². The van der Waals surface area contributed by atoms with Gasteiger partial charge in [0.15, 0.2) is 0 Å². The van der Waals surface area contributed by atoms with Crippen LogP contribution in [0.5, 0.6) is 0 Å². The SMILES string of the molecule is NC(=O)[C@]1(c2ccc(Br)cn2)[C@H]2C=C[C@H](C23CC3)[C@@]1(CCCCN1CCCC1)C(N)=O. The zero-order chi connectivity index (χ0) is 21.9. The summed E-state index contributed by atoms with van der Waals surface area (Å²) in [6.45, 7) is 3.35. The van der Waals surface area contributed by atoms with Crippen LogP contribution in [0, 0.1) is 22.7 Å². The molecule has 31 heavy (non-hydrogen) atoms. The minimum absolute atomic E-state index is 0.0489. The van der Waals surface area contributed by atoms with E-state index >= 15 is 0 Å². The standard InChI is InChI=1S/C24H31BrN4O2/c25-16-5-8-19(28-15-16)24(21(27)31)18-7-6-17(22(18)10-11-22)23(24,20(26)30)9-1-2-12-29-13-3-4-14-29/h5-8,15,17-18H,1-4,9-14H2,(H2,26,30)(H2,27,31)/t17-,18+,23+,24-/m1/s1. The van der Waals surface area contributed by atoms with Crippen molar-refractivity contribution in [1.82, 2.24) is 9.88 Å². The molecule has 4 aliphatic rings. The highest BCUT2D eigenvalue weighted by Crippen LogP contribution is 2.80. The van der Waals surface area contributed by atoms with E-state index in [-0.39, 0.29) is 17.3 Å². The number of primary amides is 2. The monoisotopic (exact) mass is 486 g/mol. The Morgan fingerprint density at radius 1 is 1.06 bits per heavy atom. The maximum absolute atomic E-state index is 13.4. The van der Waals surface area contributed by atoms with Gasteiger partial charge in [0.1, 0.15) is 5.41 Å². The number of hydrogen-bond acceptors (Lipinski definition) is 4. The molecule has 1 aromatic heterocycles. The summed E-state index contributed by atoms with van der Waals surface area (Å²) in [4.78, 5) is 33.9. The highest BCUT2D eigenvalue weighted by molar-refractivity contribution is 9.10. The van der Waals surface area contributed by atoms with Crippen molar-refractivity contribution in [2.24, 2.45) is 34.1 Å². The normalized spacial score (nSPS) is 35.1. The van der Waals surface area contributed by atoms with Gasteiger partial charge in [-0.3, -0.25) is 14.6 Å². The Labute approximate surface area is 192 Å². The number of hydrogen-bond donors (Lipinski definition) is 2. The molecule has 3 fully saturated rings. The van der Waals surface area contributed by atoms with E-state index in [1.807, 2.05) is 12.1 Å². The molecule has 2 bridgehead atoms.